The van der Waals surface area contributed by atoms with Crippen LogP contribution in [0.5, 0.6) is 0 Å². The van der Waals surface area contributed by atoms with E-state index in [0.717, 1.165) is 84.5 Å². The Balaban J connectivity index is 0.945. The lowest BCUT2D eigenvalue weighted by atomic mass is 9.44. The summed E-state index contributed by atoms with van der Waals surface area (Å²) in [7, 11) is 1.18. The number of ether oxygens (including phenoxy) is 8. The number of nitrogens with one attached hydrogen (secondary N) is 2. The molecule has 3 aromatic rings. The van der Waals surface area contributed by atoms with Crippen LogP contribution in [0.3, 0.4) is 0 Å². The number of carbonyl (C=O) groups excluding carboxylic acids is 10. The molecule has 4 aliphatic rings. The monoisotopic (exact) mass is 1640 g/mol. The third-order valence-electron chi connectivity index (χ3n) is 22.7. The highest BCUT2D eigenvalue weighted by molar-refractivity contribution is 7.47. The maximum absolute atomic E-state index is 16.0. The number of carbonyl (C=O) groups is 10. The second kappa shape index (κ2) is 45.8. The number of quaternary nitrogens is 1. The number of esters is 7. The lowest BCUT2D eigenvalue weighted by Gasteiger charge is -2.67. The van der Waals surface area contributed by atoms with E-state index in [-0.39, 0.29) is 79.9 Å². The molecule has 1 saturated heterocycles. The highest BCUT2D eigenvalue weighted by atomic mass is 31.2. The zero-order valence-corrected chi connectivity index (χ0v) is 70.5. The Morgan fingerprint density at radius 2 is 1.21 bits per heavy atom. The Morgan fingerprint density at radius 3 is 1.78 bits per heavy atom. The summed E-state index contributed by atoms with van der Waals surface area (Å²) in [4.78, 5) is 151. The summed E-state index contributed by atoms with van der Waals surface area (Å²) in [6, 6.07) is 22.3. The number of benzene rings is 3. The van der Waals surface area contributed by atoms with Crippen molar-refractivity contribution in [3.63, 3.8) is 0 Å². The average molecular weight is 1640 g/mol. The summed E-state index contributed by atoms with van der Waals surface area (Å²) in [6.45, 7) is 9.74. The van der Waals surface area contributed by atoms with Gasteiger partial charge in [0.05, 0.1) is 63.8 Å². The Morgan fingerprint density at radius 1 is 0.655 bits per heavy atom. The van der Waals surface area contributed by atoms with Gasteiger partial charge in [-0.1, -0.05) is 190 Å². The van der Waals surface area contributed by atoms with Gasteiger partial charge in [-0.25, -0.2) is 14.2 Å². The molecule has 2 bridgehead atoms. The molecule has 0 aromatic heterocycles. The van der Waals surface area contributed by atoms with E-state index >= 15 is 9.59 Å². The number of phosphoric acid groups is 1. The van der Waals surface area contributed by atoms with Gasteiger partial charge >= 0.3 is 49.6 Å². The molecule has 1 aliphatic heterocycles. The minimum Gasteiger partial charge on any atom is -0.462 e. The standard InChI is InChI=1S/C88H126N3O24P/c1-11-12-13-14-15-16-17-18-19-20-21-22-25-28-40-49-72(96)106-58-67(59-109-116(104,105)108-55-54-91(8,9)10)111-73(97)50-41-29-26-23-24-27-30-42-53-89-71(95)51-52-74(98)113-78(76(64-43-34-31-35-44-64)90-82(100)65-45-36-32-37-46-65)84(102)112-68-57-88(103)81(114-83(101)66-47-38-33-39-48-66)79-86(7,69(94)56-70-87(79,60-107-70)115-63(4)93)80(99)77(110-62(3)92)75(61(68)2)85(88,5)6/h18-19,31-39,43-48,67-70,76-79,81,94,103H,11-17,20-30,40-42,49-60H2,1-10H3,(H2-,89,90,95,100,104,105)/p+1/b19-18+/t67-,68+,69+,70-,76+,77-,78-,79+,81+,86-,87+,88-/m1/s1. The van der Waals surface area contributed by atoms with Crippen LogP contribution < -0.4 is 10.6 Å². The number of amides is 2. The summed E-state index contributed by atoms with van der Waals surface area (Å²) < 4.78 is 71.9. The molecule has 642 valence electrons. The van der Waals surface area contributed by atoms with Crippen molar-refractivity contribution in [2.45, 2.75) is 282 Å². The maximum atomic E-state index is 16.0. The molecule has 28 heteroatoms. The van der Waals surface area contributed by atoms with Crippen LogP contribution in [-0.2, 0) is 89.9 Å². The first-order valence-corrected chi connectivity index (χ1v) is 43.1. The number of ketones is 1. The highest BCUT2D eigenvalue weighted by Gasteiger charge is 2.78. The van der Waals surface area contributed by atoms with Gasteiger partial charge < -0.3 is 68.1 Å². The summed E-state index contributed by atoms with van der Waals surface area (Å²) in [5, 5.41) is 32.2. The first-order chi connectivity index (χ1) is 55.2. The maximum Gasteiger partial charge on any atom is 0.472 e. The van der Waals surface area contributed by atoms with Crippen molar-refractivity contribution in [1.29, 1.82) is 0 Å². The largest absolute Gasteiger partial charge is 0.472 e. The van der Waals surface area contributed by atoms with E-state index in [1.807, 2.05) is 21.1 Å². The first kappa shape index (κ1) is 95.1. The molecule has 3 fully saturated rings. The third kappa shape index (κ3) is 27.5. The van der Waals surface area contributed by atoms with Crippen molar-refractivity contribution >= 4 is 67.2 Å². The van der Waals surface area contributed by atoms with Crippen molar-refractivity contribution < 1.29 is 119 Å². The molecule has 2 amide bonds. The Hall–Kier alpha value is -8.01. The number of rotatable bonds is 50. The van der Waals surface area contributed by atoms with Crippen molar-refractivity contribution in [2.24, 2.45) is 16.7 Å². The Labute approximate surface area is 683 Å². The number of fused-ring (bicyclic) bond motifs is 5. The number of nitrogens with zero attached hydrogens (tertiary/aromatic N) is 1. The number of hydrogen-bond acceptors (Lipinski definition) is 23. The minimum absolute atomic E-state index is 0.0134. The second-order valence-corrected chi connectivity index (χ2v) is 34.4. The number of Topliss-reactive ketones (excluding diaryl/α,β-unsaturated/α-hetero) is 1. The topological polar surface area (TPSA) is 365 Å². The number of allylic oxidation sites excluding steroid dienone is 2. The SMILES string of the molecule is CCCCCCCC/C=C/CCCCCCCC(=O)OC[C@H](COP(=O)(O)OCC[N+](C)(C)C)OC(=O)CCCCCCCCCCNC(=O)CCC(=O)O[C@@H](C(=O)O[C@H]1C[C@@]2(O)[C@@H](OC(=O)c3ccccc3)[C@@H]3[C@]4(OC(C)=O)CO[C@@H]4C[C@H](O)[C@@]3(C)C(=O)[C@H](OC(C)=O)C(=C1C)C2(C)C)[C@@H](NC(=O)c1ccccc1)c1ccccc1. The van der Waals surface area contributed by atoms with E-state index in [1.54, 1.807) is 66.7 Å². The fourth-order valence-corrected chi connectivity index (χ4v) is 16.8. The van der Waals surface area contributed by atoms with Gasteiger partial charge in [-0.05, 0) is 99.8 Å². The highest BCUT2D eigenvalue weighted by Crippen LogP contribution is 2.65. The molecule has 1 unspecified atom stereocenters. The van der Waals surface area contributed by atoms with Gasteiger partial charge in [0.2, 0.25) is 12.0 Å². The average Bonchev–Trinajstić information content (AvgIpc) is 0.668. The fourth-order valence-electron chi connectivity index (χ4n) is 16.1. The lowest BCUT2D eigenvalue weighted by molar-refractivity contribution is -0.870. The molecule has 3 aliphatic carbocycles. The van der Waals surface area contributed by atoms with Crippen LogP contribution in [-0.4, -0.2) is 194 Å². The van der Waals surface area contributed by atoms with Gasteiger partial charge in [-0.2, -0.15) is 0 Å². The fraction of sp³-hybridized carbons (Fsp3) is 0.636. The van der Waals surface area contributed by atoms with Gasteiger partial charge in [0.1, 0.15) is 49.7 Å². The molecule has 13 atom stereocenters. The summed E-state index contributed by atoms with van der Waals surface area (Å²) >= 11 is 0. The predicted molar refractivity (Wildman–Crippen MR) is 430 cm³/mol. The minimum atomic E-state index is -4.53. The van der Waals surface area contributed by atoms with Crippen LogP contribution in [0, 0.1) is 16.7 Å². The molecule has 2 saturated carbocycles. The van der Waals surface area contributed by atoms with Crippen molar-refractivity contribution in [1.82, 2.24) is 10.6 Å². The van der Waals surface area contributed by atoms with Gasteiger partial charge in [0, 0.05) is 63.5 Å². The van der Waals surface area contributed by atoms with Gasteiger partial charge in [-0.3, -0.25) is 47.4 Å². The molecular formula is C88H127N3O24P+. The normalized spacial score (nSPS) is 23.4. The van der Waals surface area contributed by atoms with Crippen LogP contribution >= 0.6 is 7.82 Å². The number of hydrogen-bond donors (Lipinski definition) is 5. The molecule has 1 heterocycles. The second-order valence-electron chi connectivity index (χ2n) is 33.0. The third-order valence-corrected chi connectivity index (χ3v) is 23.7. The Bertz CT molecular complexity index is 3830. The molecule has 27 nitrogen and oxygen atoms in total. The molecule has 7 rings (SSSR count). The molecular weight excluding hydrogens is 1510 g/mol. The van der Waals surface area contributed by atoms with Crippen LogP contribution in [0.4, 0.5) is 0 Å². The van der Waals surface area contributed by atoms with E-state index in [9.17, 15) is 58.0 Å². The van der Waals surface area contributed by atoms with Crippen LogP contribution in [0.15, 0.2) is 114 Å². The van der Waals surface area contributed by atoms with Gasteiger partial charge in [-0.15, -0.1) is 0 Å². The quantitative estimate of drug-likeness (QED) is 0.00875. The Kier molecular flexibility index (Phi) is 37.6. The molecule has 0 spiro atoms. The van der Waals surface area contributed by atoms with Crippen molar-refractivity contribution in [2.75, 3.05) is 60.7 Å². The van der Waals surface area contributed by atoms with Crippen LogP contribution in [0.1, 0.15) is 254 Å². The zero-order valence-electron chi connectivity index (χ0n) is 69.7. The first-order valence-electron chi connectivity index (χ1n) is 41.6. The van der Waals surface area contributed by atoms with E-state index < -0.39 is 163 Å². The van der Waals surface area contributed by atoms with E-state index in [4.69, 9.17) is 46.9 Å². The zero-order chi connectivity index (χ0) is 84.7. The number of aliphatic hydroxyl groups excluding tert-OH is 1. The van der Waals surface area contributed by atoms with Gasteiger partial charge in [0.15, 0.2) is 23.6 Å². The number of likely N-dealkylation sites (N-methyl/N-ethyl adjacent to an activating group) is 1. The van der Waals surface area contributed by atoms with Gasteiger partial charge in [0.25, 0.3) is 5.91 Å². The molecule has 0 radical (unpaired) electrons. The van der Waals surface area contributed by atoms with E-state index in [2.05, 4.69) is 29.7 Å². The molecule has 5 N–H and O–H groups in total. The smallest absolute Gasteiger partial charge is 0.462 e. The number of unbranched alkanes of at least 4 members (excludes halogenated alkanes) is 18. The lowest BCUT2D eigenvalue weighted by Crippen LogP contribution is -2.82. The predicted octanol–water partition coefficient (Wildman–Crippen LogP) is 13.0. The summed E-state index contributed by atoms with van der Waals surface area (Å²) in [5.41, 5.74) is -7.91. The number of phosphoric ester groups is 1. The summed E-state index contributed by atoms with van der Waals surface area (Å²) in [5.74, 6) is -9.92. The molecule has 3 aromatic carbocycles. The van der Waals surface area contributed by atoms with E-state index in [0.29, 0.717) is 36.7 Å². The molecule has 116 heavy (non-hydrogen) atoms. The summed E-state index contributed by atoms with van der Waals surface area (Å²) in [6.07, 6.45) is 12.0. The van der Waals surface area contributed by atoms with E-state index in [1.165, 1.54) is 90.5 Å². The number of aliphatic hydroxyl groups is 2. The van der Waals surface area contributed by atoms with Crippen molar-refractivity contribution in [3.05, 3.63) is 131 Å². The van der Waals surface area contributed by atoms with Crippen LogP contribution in [0.2, 0.25) is 0 Å². The van der Waals surface area contributed by atoms with Crippen molar-refractivity contribution in [3.8, 4) is 0 Å². The van der Waals surface area contributed by atoms with Crippen LogP contribution in [0.25, 0.3) is 0 Å².